The Labute approximate surface area is 233 Å². The zero-order valence-electron chi connectivity index (χ0n) is 23.1. The summed E-state index contributed by atoms with van der Waals surface area (Å²) in [5.74, 6) is -2.40. The van der Waals surface area contributed by atoms with Crippen LogP contribution in [0.5, 0.6) is 11.5 Å². The molecule has 0 aromatic heterocycles. The Morgan fingerprint density at radius 1 is 1.02 bits per heavy atom. The normalized spacial score (nSPS) is 18.9. The third-order valence-electron chi connectivity index (χ3n) is 8.68. The van der Waals surface area contributed by atoms with Crippen LogP contribution in [0.15, 0.2) is 48.5 Å². The summed E-state index contributed by atoms with van der Waals surface area (Å²) < 4.78 is 57.3. The molecule has 0 spiro atoms. The van der Waals surface area contributed by atoms with Crippen LogP contribution in [0.3, 0.4) is 0 Å². The van der Waals surface area contributed by atoms with Crippen molar-refractivity contribution in [2.24, 2.45) is 11.3 Å². The Morgan fingerprint density at radius 2 is 1.80 bits per heavy atom. The van der Waals surface area contributed by atoms with E-state index in [9.17, 15) is 9.90 Å². The second-order valence-corrected chi connectivity index (χ2v) is 11.8. The molecule has 2 atom stereocenters. The number of carboxylic acid groups (broad SMARTS) is 1. The summed E-state index contributed by atoms with van der Waals surface area (Å²) in [7, 11) is 1.50. The largest absolute Gasteiger partial charge is 0.497 e. The van der Waals surface area contributed by atoms with Crippen molar-refractivity contribution >= 4 is 5.97 Å². The minimum Gasteiger partial charge on any atom is -0.497 e. The first-order chi connectivity index (χ1) is 19.1. The van der Waals surface area contributed by atoms with Crippen molar-refractivity contribution in [3.05, 3.63) is 82.7 Å². The Balaban J connectivity index is 1.50. The van der Waals surface area contributed by atoms with Gasteiger partial charge in [-0.15, -0.1) is 0 Å². The number of carboxylic acids is 1. The van der Waals surface area contributed by atoms with Crippen molar-refractivity contribution < 1.29 is 32.5 Å². The van der Waals surface area contributed by atoms with Crippen LogP contribution in [0, 0.1) is 28.8 Å². The molecular formula is C33H35F3O4. The van der Waals surface area contributed by atoms with E-state index in [1.165, 1.54) is 31.4 Å². The van der Waals surface area contributed by atoms with Crippen molar-refractivity contribution in [2.45, 2.75) is 70.8 Å². The topological polar surface area (TPSA) is 55.8 Å². The predicted octanol–water partition coefficient (Wildman–Crippen LogP) is 8.62. The van der Waals surface area contributed by atoms with Gasteiger partial charge in [-0.25, -0.2) is 13.2 Å². The fourth-order valence-electron chi connectivity index (χ4n) is 6.31. The standard InChI is InChI=1S/C33H35F3O4/c1-33(2)13-5-7-27(33)25-14-20(29(35)16-24(25)26-15-21(39-3)11-12-28(26)34)18-40-30-8-4-6-22(32(30)36)23(17-31(37)38)19-9-10-19/h4,6,8,11-12,14-16,19,23,27H,5,7,9-10,13,17-18H2,1-3H3,(H,37,38)/t23-,27+/m1/s1. The molecule has 40 heavy (non-hydrogen) atoms. The van der Waals surface area contributed by atoms with Gasteiger partial charge in [0.25, 0.3) is 0 Å². The molecule has 0 amide bonds. The van der Waals surface area contributed by atoms with Crippen LogP contribution in [-0.4, -0.2) is 18.2 Å². The van der Waals surface area contributed by atoms with Crippen molar-refractivity contribution in [3.63, 3.8) is 0 Å². The SMILES string of the molecule is COc1ccc(F)c(-c2cc(F)c(COc3cccc([C@H](CC(=O)O)C4CC4)c3F)cc2[C@@H]2CCCC2(C)C)c1. The molecule has 212 valence electrons. The van der Waals surface area contributed by atoms with E-state index in [1.54, 1.807) is 24.3 Å². The Morgan fingerprint density at radius 3 is 2.45 bits per heavy atom. The first kappa shape index (κ1) is 28.1. The Kier molecular flexibility index (Phi) is 7.85. The lowest BCUT2D eigenvalue weighted by molar-refractivity contribution is -0.137. The summed E-state index contributed by atoms with van der Waals surface area (Å²) in [5.41, 5.74) is 2.08. The van der Waals surface area contributed by atoms with Gasteiger partial charge in [0.05, 0.1) is 13.5 Å². The minimum absolute atomic E-state index is 0.0430. The van der Waals surface area contributed by atoms with Gasteiger partial charge in [-0.1, -0.05) is 32.4 Å². The number of aliphatic carboxylic acids is 1. The molecule has 0 saturated heterocycles. The number of ether oxygens (including phenoxy) is 2. The number of hydrogen-bond donors (Lipinski definition) is 1. The molecule has 2 aliphatic carbocycles. The molecule has 2 aliphatic rings. The summed E-state index contributed by atoms with van der Waals surface area (Å²) in [6.07, 6.45) is 4.49. The van der Waals surface area contributed by atoms with Gasteiger partial charge in [-0.3, -0.25) is 4.79 Å². The molecule has 5 rings (SSSR count). The molecule has 0 unspecified atom stereocenters. The number of benzene rings is 3. The van der Waals surface area contributed by atoms with Gasteiger partial charge in [-0.2, -0.15) is 0 Å². The second-order valence-electron chi connectivity index (χ2n) is 11.8. The van der Waals surface area contributed by atoms with E-state index in [1.807, 2.05) is 0 Å². The molecule has 7 heteroatoms. The highest BCUT2D eigenvalue weighted by atomic mass is 19.1. The monoisotopic (exact) mass is 552 g/mol. The molecule has 0 bridgehead atoms. The van der Waals surface area contributed by atoms with Crippen LogP contribution >= 0.6 is 0 Å². The molecule has 1 N–H and O–H groups in total. The number of carbonyl (C=O) groups is 1. The number of halogens is 3. The van der Waals surface area contributed by atoms with E-state index in [-0.39, 0.29) is 47.2 Å². The van der Waals surface area contributed by atoms with E-state index < -0.39 is 29.3 Å². The van der Waals surface area contributed by atoms with Crippen LogP contribution in [-0.2, 0) is 11.4 Å². The summed E-state index contributed by atoms with van der Waals surface area (Å²) in [6.45, 7) is 4.12. The van der Waals surface area contributed by atoms with Gasteiger partial charge < -0.3 is 14.6 Å². The first-order valence-corrected chi connectivity index (χ1v) is 13.9. The number of hydrogen-bond acceptors (Lipinski definition) is 3. The lowest BCUT2D eigenvalue weighted by atomic mass is 9.75. The van der Waals surface area contributed by atoms with Crippen molar-refractivity contribution in [3.8, 4) is 22.6 Å². The lowest BCUT2D eigenvalue weighted by Gasteiger charge is -2.30. The highest BCUT2D eigenvalue weighted by molar-refractivity contribution is 5.71. The van der Waals surface area contributed by atoms with Crippen molar-refractivity contribution in [1.82, 2.24) is 0 Å². The average Bonchev–Trinajstić information content (AvgIpc) is 3.70. The van der Waals surface area contributed by atoms with Crippen LogP contribution in [0.2, 0.25) is 0 Å². The molecule has 3 aromatic carbocycles. The fourth-order valence-corrected chi connectivity index (χ4v) is 6.31. The average molecular weight is 553 g/mol. The Bertz CT molecular complexity index is 1410. The van der Waals surface area contributed by atoms with Crippen molar-refractivity contribution in [1.29, 1.82) is 0 Å². The van der Waals surface area contributed by atoms with E-state index in [0.29, 0.717) is 16.9 Å². The summed E-state index contributed by atoms with van der Waals surface area (Å²) in [4.78, 5) is 11.4. The molecule has 0 heterocycles. The van der Waals surface area contributed by atoms with E-state index in [2.05, 4.69) is 13.8 Å². The highest BCUT2D eigenvalue weighted by Crippen LogP contribution is 2.52. The summed E-state index contributed by atoms with van der Waals surface area (Å²) >= 11 is 0. The minimum atomic E-state index is -0.973. The molecule has 0 radical (unpaired) electrons. The van der Waals surface area contributed by atoms with Gasteiger partial charge in [0.1, 0.15) is 24.0 Å². The zero-order valence-corrected chi connectivity index (χ0v) is 23.1. The van der Waals surface area contributed by atoms with Gasteiger partial charge in [0, 0.05) is 17.0 Å². The lowest BCUT2D eigenvalue weighted by Crippen LogP contribution is -2.17. The van der Waals surface area contributed by atoms with Gasteiger partial charge in [-0.05, 0) is 96.0 Å². The van der Waals surface area contributed by atoms with Crippen LogP contribution in [0.25, 0.3) is 11.1 Å². The first-order valence-electron chi connectivity index (χ1n) is 13.9. The second kappa shape index (κ2) is 11.2. The van der Waals surface area contributed by atoms with Crippen molar-refractivity contribution in [2.75, 3.05) is 7.11 Å². The molecule has 4 nitrogen and oxygen atoms in total. The van der Waals surface area contributed by atoms with Crippen LogP contribution in [0.1, 0.15) is 80.9 Å². The maximum absolute atomic E-state index is 15.6. The number of rotatable bonds is 10. The third-order valence-corrected chi connectivity index (χ3v) is 8.68. The quantitative estimate of drug-likeness (QED) is 0.274. The van der Waals surface area contributed by atoms with Gasteiger partial charge in [0.2, 0.25) is 0 Å². The molecule has 0 aliphatic heterocycles. The van der Waals surface area contributed by atoms with Crippen LogP contribution in [0.4, 0.5) is 13.2 Å². The van der Waals surface area contributed by atoms with E-state index >= 15 is 13.2 Å². The fraction of sp³-hybridized carbons (Fsp3) is 0.424. The van der Waals surface area contributed by atoms with E-state index in [0.717, 1.165) is 37.7 Å². The molecule has 2 saturated carbocycles. The van der Waals surface area contributed by atoms with Gasteiger partial charge in [0.15, 0.2) is 11.6 Å². The molecule has 3 aromatic rings. The summed E-state index contributed by atoms with van der Waals surface area (Å²) in [5, 5.41) is 9.34. The maximum Gasteiger partial charge on any atom is 0.303 e. The number of methoxy groups -OCH3 is 1. The Hall–Kier alpha value is -3.48. The predicted molar refractivity (Wildman–Crippen MR) is 147 cm³/mol. The molecular weight excluding hydrogens is 517 g/mol. The van der Waals surface area contributed by atoms with Gasteiger partial charge >= 0.3 is 5.97 Å². The smallest absolute Gasteiger partial charge is 0.303 e. The maximum atomic E-state index is 15.6. The summed E-state index contributed by atoms with van der Waals surface area (Å²) in [6, 6.07) is 12.2. The van der Waals surface area contributed by atoms with Crippen LogP contribution < -0.4 is 9.47 Å². The van der Waals surface area contributed by atoms with E-state index in [4.69, 9.17) is 9.47 Å². The molecule has 2 fully saturated rings. The highest BCUT2D eigenvalue weighted by Gasteiger charge is 2.38. The zero-order chi connectivity index (χ0) is 28.6. The third kappa shape index (κ3) is 5.70.